The summed E-state index contributed by atoms with van der Waals surface area (Å²) in [4.78, 5) is 4.69. The highest BCUT2D eigenvalue weighted by Crippen LogP contribution is 2.55. The van der Waals surface area contributed by atoms with Crippen LogP contribution in [0.5, 0.6) is 0 Å². The van der Waals surface area contributed by atoms with E-state index in [4.69, 9.17) is 8.83 Å². The summed E-state index contributed by atoms with van der Waals surface area (Å²) < 4.78 is 14.0. The van der Waals surface area contributed by atoms with Gasteiger partial charge in [-0.2, -0.15) is 0 Å². The SMILES string of the molecule is CC1(C)c2c(ccc3cc(N(c4ccccc4)c4cccc5c4oc4c(-c6ccccc6)cccc45)ccc23)-c2ccc3cc(N(c4ccccc4)c4cccc5c4oc4c(-c6ccccc6)cccc45)ccc3c21. The van der Waals surface area contributed by atoms with Crippen LogP contribution >= 0.6 is 0 Å². The Labute approximate surface area is 434 Å². The van der Waals surface area contributed by atoms with E-state index in [1.807, 2.05) is 0 Å². The second kappa shape index (κ2) is 16.7. The quantitative estimate of drug-likeness (QED) is 0.152. The summed E-state index contributed by atoms with van der Waals surface area (Å²) in [6.45, 7) is 4.81. The first kappa shape index (κ1) is 43.0. The van der Waals surface area contributed by atoms with Crippen LogP contribution in [0.3, 0.4) is 0 Å². The first-order valence-corrected chi connectivity index (χ1v) is 25.8. The summed E-state index contributed by atoms with van der Waals surface area (Å²) in [6.07, 6.45) is 0. The van der Waals surface area contributed by atoms with Gasteiger partial charge in [-0.25, -0.2) is 0 Å². The fraction of sp³-hybridized carbons (Fsp3) is 0.0423. The van der Waals surface area contributed by atoms with E-state index in [1.165, 1.54) is 43.8 Å². The molecule has 4 nitrogen and oxygen atoms in total. The van der Waals surface area contributed by atoms with Gasteiger partial charge in [0.15, 0.2) is 11.2 Å². The summed E-state index contributed by atoms with van der Waals surface area (Å²) in [5.74, 6) is 0. The van der Waals surface area contributed by atoms with Gasteiger partial charge in [0.1, 0.15) is 11.2 Å². The average molecular weight is 961 g/mol. The summed E-state index contributed by atoms with van der Waals surface area (Å²) in [5, 5.41) is 9.29. The Morgan fingerprint density at radius 1 is 0.280 bits per heavy atom. The highest BCUT2D eigenvalue weighted by atomic mass is 16.3. The molecule has 2 aromatic heterocycles. The van der Waals surface area contributed by atoms with Crippen LogP contribution in [0.4, 0.5) is 34.1 Å². The molecule has 0 bridgehead atoms. The lowest BCUT2D eigenvalue weighted by Gasteiger charge is -2.28. The summed E-state index contributed by atoms with van der Waals surface area (Å²) in [6, 6.07) is 91.6. The molecule has 0 saturated carbocycles. The number of anilines is 6. The second-order valence-corrected chi connectivity index (χ2v) is 20.4. The number of benzene rings is 12. The van der Waals surface area contributed by atoms with E-state index in [2.05, 4.69) is 278 Å². The molecule has 0 saturated heterocycles. The van der Waals surface area contributed by atoms with Crippen LogP contribution in [0.1, 0.15) is 25.0 Å². The number of rotatable bonds is 8. The predicted molar refractivity (Wildman–Crippen MR) is 314 cm³/mol. The standard InChI is InChI=1S/C71H48N2O2/c1-71(2)65-53-41-37-51(72(49-23-11-5-12-24-49)63-33-17-31-61-59-29-15-27-55(67(59)74-69(61)63)45-19-7-3-8-20-45)43-47(53)35-39-57(65)58-40-36-48-44-52(38-42-54(48)66(58)71)73(50-25-13-6-14-26-50)64-34-18-32-62-60-30-16-28-56(68(60)75-70(62)64)46-21-9-4-10-22-46/h3-44H,1-2H3. The lowest BCUT2D eigenvalue weighted by molar-refractivity contribution is 0.670. The first-order valence-electron chi connectivity index (χ1n) is 25.8. The fourth-order valence-corrected chi connectivity index (χ4v) is 12.5. The molecule has 0 aliphatic heterocycles. The van der Waals surface area contributed by atoms with Crippen molar-refractivity contribution < 1.29 is 8.83 Å². The molecule has 0 fully saturated rings. The maximum Gasteiger partial charge on any atom is 0.159 e. The third-order valence-electron chi connectivity index (χ3n) is 15.8. The lowest BCUT2D eigenvalue weighted by Crippen LogP contribution is -2.16. The molecule has 4 heteroatoms. The number of nitrogens with zero attached hydrogens (tertiary/aromatic N) is 2. The number of para-hydroxylation sites is 6. The molecule has 75 heavy (non-hydrogen) atoms. The highest BCUT2D eigenvalue weighted by molar-refractivity contribution is 6.15. The van der Waals surface area contributed by atoms with Crippen molar-refractivity contribution in [3.8, 4) is 33.4 Å². The fourth-order valence-electron chi connectivity index (χ4n) is 12.5. The van der Waals surface area contributed by atoms with Gasteiger partial charge in [-0.1, -0.05) is 208 Å². The maximum absolute atomic E-state index is 7.00. The Balaban J connectivity index is 0.840. The van der Waals surface area contributed by atoms with Crippen LogP contribution in [-0.4, -0.2) is 0 Å². The minimum Gasteiger partial charge on any atom is -0.453 e. The van der Waals surface area contributed by atoms with Crippen LogP contribution < -0.4 is 9.80 Å². The molecule has 0 radical (unpaired) electrons. The Bertz CT molecular complexity index is 4260. The van der Waals surface area contributed by atoms with Crippen LogP contribution in [0, 0.1) is 0 Å². The van der Waals surface area contributed by atoms with Crippen molar-refractivity contribution in [1.82, 2.24) is 0 Å². The summed E-state index contributed by atoms with van der Waals surface area (Å²) >= 11 is 0. The molecule has 15 rings (SSSR count). The molecular formula is C71H48N2O2. The molecule has 1 aliphatic rings. The van der Waals surface area contributed by atoms with Crippen molar-refractivity contribution in [3.05, 3.63) is 266 Å². The van der Waals surface area contributed by atoms with E-state index >= 15 is 0 Å². The van der Waals surface area contributed by atoms with Crippen LogP contribution in [0.2, 0.25) is 0 Å². The van der Waals surface area contributed by atoms with Gasteiger partial charge in [0.2, 0.25) is 0 Å². The van der Waals surface area contributed by atoms with Gasteiger partial charge in [0, 0.05) is 60.8 Å². The number of hydrogen-bond donors (Lipinski definition) is 0. The number of hydrogen-bond acceptors (Lipinski definition) is 4. The van der Waals surface area contributed by atoms with Crippen LogP contribution in [0.15, 0.2) is 264 Å². The smallest absolute Gasteiger partial charge is 0.159 e. The molecule has 0 amide bonds. The maximum atomic E-state index is 7.00. The van der Waals surface area contributed by atoms with Crippen molar-refractivity contribution in [2.75, 3.05) is 9.80 Å². The van der Waals surface area contributed by atoms with Crippen molar-refractivity contribution in [1.29, 1.82) is 0 Å². The first-order chi connectivity index (χ1) is 37.0. The van der Waals surface area contributed by atoms with E-state index in [-0.39, 0.29) is 5.41 Å². The number of fused-ring (bicyclic) bond motifs is 13. The van der Waals surface area contributed by atoms with Crippen molar-refractivity contribution in [2.24, 2.45) is 0 Å². The Hall–Kier alpha value is -9.64. The predicted octanol–water partition coefficient (Wildman–Crippen LogP) is 20.4. The van der Waals surface area contributed by atoms with Crippen molar-refractivity contribution >= 4 is 99.5 Å². The minimum atomic E-state index is -0.294. The van der Waals surface area contributed by atoms with E-state index in [0.29, 0.717) is 0 Å². The van der Waals surface area contributed by atoms with Gasteiger partial charge in [-0.05, 0) is 116 Å². The summed E-state index contributed by atoms with van der Waals surface area (Å²) in [5.41, 5.74) is 19.2. The zero-order valence-electron chi connectivity index (χ0n) is 41.5. The zero-order valence-corrected chi connectivity index (χ0v) is 41.5. The van der Waals surface area contributed by atoms with E-state index < -0.39 is 0 Å². The van der Waals surface area contributed by atoms with Gasteiger partial charge >= 0.3 is 0 Å². The molecule has 0 spiro atoms. The largest absolute Gasteiger partial charge is 0.453 e. The molecule has 14 aromatic rings. The van der Waals surface area contributed by atoms with E-state index in [1.54, 1.807) is 0 Å². The second-order valence-electron chi connectivity index (χ2n) is 20.4. The molecular weight excluding hydrogens is 913 g/mol. The monoisotopic (exact) mass is 960 g/mol. The molecule has 1 aliphatic carbocycles. The third kappa shape index (κ3) is 6.63. The highest BCUT2D eigenvalue weighted by Gasteiger charge is 2.38. The zero-order chi connectivity index (χ0) is 49.8. The summed E-state index contributed by atoms with van der Waals surface area (Å²) in [7, 11) is 0. The molecule has 0 unspecified atom stereocenters. The Morgan fingerprint density at radius 2 is 0.653 bits per heavy atom. The third-order valence-corrected chi connectivity index (χ3v) is 15.8. The van der Waals surface area contributed by atoms with Gasteiger partial charge in [0.25, 0.3) is 0 Å². The van der Waals surface area contributed by atoms with Gasteiger partial charge in [0.05, 0.1) is 11.4 Å². The topological polar surface area (TPSA) is 32.8 Å². The van der Waals surface area contributed by atoms with E-state index in [9.17, 15) is 0 Å². The van der Waals surface area contributed by atoms with Gasteiger partial charge in [-0.3, -0.25) is 0 Å². The van der Waals surface area contributed by atoms with Gasteiger partial charge < -0.3 is 18.6 Å². The molecule has 354 valence electrons. The van der Waals surface area contributed by atoms with Crippen LogP contribution in [-0.2, 0) is 5.41 Å². The lowest BCUT2D eigenvalue weighted by atomic mass is 9.78. The van der Waals surface area contributed by atoms with Crippen LogP contribution in [0.25, 0.3) is 98.8 Å². The normalized spacial score (nSPS) is 12.8. The molecule has 0 atom stereocenters. The molecule has 0 N–H and O–H groups in total. The minimum absolute atomic E-state index is 0.294. The Kier molecular flexibility index (Phi) is 9.58. The van der Waals surface area contributed by atoms with E-state index in [0.717, 1.165) is 100 Å². The molecule has 12 aromatic carbocycles. The molecule has 2 heterocycles. The number of furan rings is 2. The van der Waals surface area contributed by atoms with Crippen molar-refractivity contribution in [2.45, 2.75) is 19.3 Å². The Morgan fingerprint density at radius 3 is 1.07 bits per heavy atom. The van der Waals surface area contributed by atoms with Gasteiger partial charge in [-0.15, -0.1) is 0 Å². The van der Waals surface area contributed by atoms with Crippen molar-refractivity contribution in [3.63, 3.8) is 0 Å². The average Bonchev–Trinajstić information content (AvgIpc) is 4.14.